The second kappa shape index (κ2) is 8.48. The summed E-state index contributed by atoms with van der Waals surface area (Å²) in [4.78, 5) is 9.37. The molecule has 0 saturated heterocycles. The fourth-order valence-electron chi connectivity index (χ4n) is 2.15. The monoisotopic (exact) mass is 248 g/mol. The first kappa shape index (κ1) is 14.5. The molecule has 17 heavy (non-hydrogen) atoms. The normalized spacial score (nSPS) is 10.8. The molecule has 1 aromatic rings. The molecule has 0 spiro atoms. The zero-order valence-corrected chi connectivity index (χ0v) is 12.1. The van der Waals surface area contributed by atoms with Gasteiger partial charge in [0.05, 0.1) is 0 Å². The third-order valence-electron chi connectivity index (χ3n) is 3.13. The highest BCUT2D eigenvalue weighted by Gasteiger charge is 2.04. The van der Waals surface area contributed by atoms with E-state index in [4.69, 9.17) is 0 Å². The molecule has 0 unspecified atom stereocenters. The number of hydrogen-bond acceptors (Lipinski definition) is 1. The molecule has 1 N–H and O–H groups in total. The number of aryl methyl sites for hydroxylation is 2. The fraction of sp³-hybridized carbons (Fsp3) is 0.600. The minimum Gasteiger partial charge on any atom is -0.428 e. The number of unbranched alkanes of at least 4 members (excludes halogenated alkanes) is 3. The van der Waals surface area contributed by atoms with Crippen LogP contribution in [0.3, 0.4) is 0 Å². The largest absolute Gasteiger partial charge is 0.428 e. The van der Waals surface area contributed by atoms with Gasteiger partial charge in [-0.1, -0.05) is 57.7 Å². The molecule has 0 amide bonds. The Bertz CT molecular complexity index is 323. The molecule has 0 saturated carbocycles. The molecule has 0 bridgehead atoms. The summed E-state index contributed by atoms with van der Waals surface area (Å²) in [5.74, 6) is 0. The van der Waals surface area contributed by atoms with E-state index in [1.54, 1.807) is 0 Å². The molecule has 0 aromatic heterocycles. The summed E-state index contributed by atoms with van der Waals surface area (Å²) < 4.78 is 0. The van der Waals surface area contributed by atoms with Crippen molar-refractivity contribution in [1.29, 1.82) is 0 Å². The van der Waals surface area contributed by atoms with Crippen LogP contribution < -0.4 is 5.19 Å². The summed E-state index contributed by atoms with van der Waals surface area (Å²) in [7, 11) is -0.0605. The van der Waals surface area contributed by atoms with Crippen molar-refractivity contribution in [1.82, 2.24) is 0 Å². The predicted molar refractivity (Wildman–Crippen MR) is 75.9 cm³/mol. The van der Waals surface area contributed by atoms with Gasteiger partial charge in [-0.3, -0.25) is 0 Å². The van der Waals surface area contributed by atoms with Gasteiger partial charge in [0.15, 0.2) is 0 Å². The van der Waals surface area contributed by atoms with E-state index in [-0.39, 0.29) is 9.76 Å². The zero-order valence-electron chi connectivity index (χ0n) is 11.1. The van der Waals surface area contributed by atoms with Crippen molar-refractivity contribution in [2.45, 2.75) is 58.8 Å². The van der Waals surface area contributed by atoms with Crippen LogP contribution in [0, 0.1) is 0 Å². The zero-order chi connectivity index (χ0) is 12.5. The summed E-state index contributed by atoms with van der Waals surface area (Å²) >= 11 is 0. The van der Waals surface area contributed by atoms with Gasteiger partial charge in [-0.2, -0.15) is 0 Å². The Kier molecular flexibility index (Phi) is 7.21. The summed E-state index contributed by atoms with van der Waals surface area (Å²) in [6, 6.07) is 6.57. The van der Waals surface area contributed by atoms with Crippen LogP contribution in [-0.4, -0.2) is 14.6 Å². The second-order valence-electron chi connectivity index (χ2n) is 4.66. The molecular weight excluding hydrogens is 224 g/mol. The molecule has 0 aliphatic heterocycles. The summed E-state index contributed by atoms with van der Waals surface area (Å²) in [6.07, 6.45) is 8.63. The van der Waals surface area contributed by atoms with Gasteiger partial charge < -0.3 is 4.80 Å². The first-order valence-corrected chi connectivity index (χ1v) is 7.78. The molecule has 1 aromatic carbocycles. The summed E-state index contributed by atoms with van der Waals surface area (Å²) in [6.45, 7) is 4.45. The summed E-state index contributed by atoms with van der Waals surface area (Å²) in [5.41, 5.74) is 2.79. The fourth-order valence-corrected chi connectivity index (χ4v) is 2.65. The van der Waals surface area contributed by atoms with Crippen LogP contribution in [-0.2, 0) is 12.8 Å². The molecule has 0 heterocycles. The Morgan fingerprint density at radius 2 is 1.82 bits per heavy atom. The van der Waals surface area contributed by atoms with Crippen LogP contribution in [0.15, 0.2) is 18.2 Å². The van der Waals surface area contributed by atoms with Crippen molar-refractivity contribution in [2.24, 2.45) is 0 Å². The summed E-state index contributed by atoms with van der Waals surface area (Å²) in [5, 5.41) is 1.14. The molecule has 0 aliphatic rings. The lowest BCUT2D eigenvalue weighted by molar-refractivity contribution is 0.614. The number of benzene rings is 1. The smallest absolute Gasteiger partial charge is 0.265 e. The van der Waals surface area contributed by atoms with Crippen LogP contribution in [0.4, 0.5) is 0 Å². The number of rotatable bonds is 8. The van der Waals surface area contributed by atoms with Gasteiger partial charge >= 0.3 is 0 Å². The van der Waals surface area contributed by atoms with E-state index in [0.29, 0.717) is 0 Å². The molecule has 0 fully saturated rings. The maximum atomic E-state index is 9.37. The standard InChI is InChI=1S/C15H24OSi/c1-3-5-6-7-9-14-12-13(8-4-2)10-11-15(14)17-16/h10-12,16H,3-9H2,1-2H3. The SMILES string of the molecule is CCCCCCc1cc(CCC)ccc1[Si]O. The Balaban J connectivity index is 2.62. The lowest BCUT2D eigenvalue weighted by Crippen LogP contribution is -2.19. The lowest BCUT2D eigenvalue weighted by atomic mass is 10.0. The first-order chi connectivity index (χ1) is 8.31. The quantitative estimate of drug-likeness (QED) is 0.554. The Hall–Kier alpha value is -0.603. The minimum absolute atomic E-state index is 0.0605. The van der Waals surface area contributed by atoms with E-state index in [1.165, 1.54) is 43.2 Å². The van der Waals surface area contributed by atoms with E-state index >= 15 is 0 Å². The van der Waals surface area contributed by atoms with Crippen molar-refractivity contribution < 1.29 is 4.80 Å². The Morgan fingerprint density at radius 1 is 1.00 bits per heavy atom. The maximum absolute atomic E-state index is 9.37. The highest BCUT2D eigenvalue weighted by atomic mass is 28.2. The lowest BCUT2D eigenvalue weighted by Gasteiger charge is -2.09. The topological polar surface area (TPSA) is 20.2 Å². The molecule has 1 nitrogen and oxygen atoms in total. The van der Waals surface area contributed by atoms with E-state index in [0.717, 1.165) is 18.0 Å². The van der Waals surface area contributed by atoms with Gasteiger partial charge in [0.25, 0.3) is 9.76 Å². The molecule has 0 atom stereocenters. The van der Waals surface area contributed by atoms with Crippen molar-refractivity contribution in [3.8, 4) is 0 Å². The highest BCUT2D eigenvalue weighted by Crippen LogP contribution is 2.10. The van der Waals surface area contributed by atoms with Crippen LogP contribution in [0.1, 0.15) is 57.1 Å². The third-order valence-corrected chi connectivity index (χ3v) is 3.86. The van der Waals surface area contributed by atoms with Gasteiger partial charge in [-0.25, -0.2) is 0 Å². The molecule has 94 valence electrons. The molecule has 2 heteroatoms. The van der Waals surface area contributed by atoms with Crippen molar-refractivity contribution >= 4 is 14.9 Å². The van der Waals surface area contributed by atoms with Gasteiger partial charge in [-0.15, -0.1) is 0 Å². The predicted octanol–water partition coefficient (Wildman–Crippen LogP) is 3.00. The third kappa shape index (κ3) is 5.05. The Morgan fingerprint density at radius 3 is 2.47 bits per heavy atom. The van der Waals surface area contributed by atoms with E-state index in [9.17, 15) is 4.80 Å². The molecule has 1 rings (SSSR count). The van der Waals surface area contributed by atoms with E-state index in [2.05, 4.69) is 32.0 Å². The van der Waals surface area contributed by atoms with Crippen LogP contribution >= 0.6 is 0 Å². The highest BCUT2D eigenvalue weighted by molar-refractivity contribution is 6.46. The van der Waals surface area contributed by atoms with Crippen molar-refractivity contribution in [3.05, 3.63) is 29.3 Å². The van der Waals surface area contributed by atoms with Crippen LogP contribution in [0.25, 0.3) is 0 Å². The van der Waals surface area contributed by atoms with Crippen molar-refractivity contribution in [3.63, 3.8) is 0 Å². The average Bonchev–Trinajstić information content (AvgIpc) is 2.35. The van der Waals surface area contributed by atoms with Gasteiger partial charge in [-0.05, 0) is 35.6 Å². The maximum Gasteiger partial charge on any atom is 0.265 e. The second-order valence-corrected chi connectivity index (χ2v) is 5.43. The minimum atomic E-state index is -0.0605. The van der Waals surface area contributed by atoms with E-state index in [1.807, 2.05) is 0 Å². The van der Waals surface area contributed by atoms with Gasteiger partial charge in [0.2, 0.25) is 0 Å². The first-order valence-electron chi connectivity index (χ1n) is 6.83. The molecule has 0 aliphatic carbocycles. The van der Waals surface area contributed by atoms with Crippen LogP contribution in [0.5, 0.6) is 0 Å². The average molecular weight is 248 g/mol. The van der Waals surface area contributed by atoms with E-state index < -0.39 is 0 Å². The van der Waals surface area contributed by atoms with Gasteiger partial charge in [0, 0.05) is 0 Å². The Labute approximate surface area is 108 Å². The molecular formula is C15H24OSi. The van der Waals surface area contributed by atoms with Crippen LogP contribution in [0.2, 0.25) is 0 Å². The molecule has 2 radical (unpaired) electrons. The number of hydrogen-bond donors (Lipinski definition) is 1. The van der Waals surface area contributed by atoms with Crippen molar-refractivity contribution in [2.75, 3.05) is 0 Å². The van der Waals surface area contributed by atoms with Gasteiger partial charge in [0.1, 0.15) is 0 Å².